The minimum Gasteiger partial charge on any atom is -0.314 e. The summed E-state index contributed by atoms with van der Waals surface area (Å²) in [6.45, 7) is 1.45. The normalized spacial score (nSPS) is 19.2. The van der Waals surface area contributed by atoms with Crippen LogP contribution in [0, 0.1) is 0 Å². The molecule has 0 unspecified atom stereocenters. The van der Waals surface area contributed by atoms with Crippen LogP contribution >= 0.6 is 0 Å². The van der Waals surface area contributed by atoms with Crippen LogP contribution in [0.25, 0.3) is 0 Å². The van der Waals surface area contributed by atoms with Crippen LogP contribution in [0.2, 0.25) is 0 Å². The van der Waals surface area contributed by atoms with Crippen molar-refractivity contribution < 1.29 is 5.21 Å². The quantitative estimate of drug-likeness (QED) is 0.886. The van der Waals surface area contributed by atoms with Crippen LogP contribution in [0.3, 0.4) is 0 Å². The maximum absolute atomic E-state index is 9.67. The highest BCUT2D eigenvalue weighted by Gasteiger charge is 2.37. The molecular weight excluding hydrogens is 234 g/mol. The van der Waals surface area contributed by atoms with Gasteiger partial charge in [0.25, 0.3) is 0 Å². The molecule has 1 heterocycles. The van der Waals surface area contributed by atoms with Crippen LogP contribution in [0.5, 0.6) is 0 Å². The van der Waals surface area contributed by atoms with E-state index in [1.54, 1.807) is 0 Å². The number of rotatable bonds is 2. The standard InChI is InChI=1S/C17H19NO/c19-18-13-11-17(12-14-18,15-7-3-1-4-8-15)16-9-5-2-6-10-16/h1-10,19H,11-14H2. The zero-order valence-electron chi connectivity index (χ0n) is 11.0. The topological polar surface area (TPSA) is 23.5 Å². The maximum Gasteiger partial charge on any atom is 0.0249 e. The third-order valence-electron chi connectivity index (χ3n) is 4.25. The first-order chi connectivity index (χ1) is 9.31. The van der Waals surface area contributed by atoms with Crippen molar-refractivity contribution in [3.05, 3.63) is 71.8 Å². The van der Waals surface area contributed by atoms with Crippen molar-refractivity contribution >= 4 is 0 Å². The fourth-order valence-electron chi connectivity index (χ4n) is 3.14. The van der Waals surface area contributed by atoms with E-state index in [0.29, 0.717) is 0 Å². The first-order valence-corrected chi connectivity index (χ1v) is 6.86. The third kappa shape index (κ3) is 2.29. The molecule has 0 saturated carbocycles. The lowest BCUT2D eigenvalue weighted by atomic mass is 9.68. The van der Waals surface area contributed by atoms with Crippen molar-refractivity contribution in [3.8, 4) is 0 Å². The van der Waals surface area contributed by atoms with E-state index < -0.39 is 0 Å². The second kappa shape index (κ2) is 5.16. The van der Waals surface area contributed by atoms with Gasteiger partial charge in [0.1, 0.15) is 0 Å². The molecular formula is C17H19NO. The number of nitrogens with zero attached hydrogens (tertiary/aromatic N) is 1. The first kappa shape index (κ1) is 12.4. The van der Waals surface area contributed by atoms with Gasteiger partial charge < -0.3 is 5.21 Å². The second-order valence-corrected chi connectivity index (χ2v) is 5.27. The third-order valence-corrected chi connectivity index (χ3v) is 4.25. The molecule has 1 fully saturated rings. The monoisotopic (exact) mass is 253 g/mol. The predicted octanol–water partition coefficient (Wildman–Crippen LogP) is 3.46. The first-order valence-electron chi connectivity index (χ1n) is 6.86. The molecule has 2 nitrogen and oxygen atoms in total. The Balaban J connectivity index is 2.06. The van der Waals surface area contributed by atoms with Crippen molar-refractivity contribution in [1.82, 2.24) is 5.06 Å². The van der Waals surface area contributed by atoms with Crippen molar-refractivity contribution in [3.63, 3.8) is 0 Å². The zero-order valence-corrected chi connectivity index (χ0v) is 11.0. The number of piperidine rings is 1. The van der Waals surface area contributed by atoms with Gasteiger partial charge in [0.15, 0.2) is 0 Å². The molecule has 0 radical (unpaired) electrons. The molecule has 0 bridgehead atoms. The fraction of sp³-hybridized carbons (Fsp3) is 0.294. The van der Waals surface area contributed by atoms with Gasteiger partial charge in [-0.25, -0.2) is 0 Å². The largest absolute Gasteiger partial charge is 0.314 e. The smallest absolute Gasteiger partial charge is 0.0249 e. The van der Waals surface area contributed by atoms with E-state index in [4.69, 9.17) is 0 Å². The van der Waals surface area contributed by atoms with E-state index in [9.17, 15) is 5.21 Å². The van der Waals surface area contributed by atoms with E-state index in [1.807, 2.05) is 0 Å². The molecule has 1 aliphatic rings. The van der Waals surface area contributed by atoms with Crippen molar-refractivity contribution in [2.75, 3.05) is 13.1 Å². The van der Waals surface area contributed by atoms with Crippen LogP contribution < -0.4 is 0 Å². The van der Waals surface area contributed by atoms with Gasteiger partial charge in [-0.1, -0.05) is 60.7 Å². The van der Waals surface area contributed by atoms with E-state index in [1.165, 1.54) is 16.2 Å². The molecule has 2 aromatic carbocycles. The molecule has 98 valence electrons. The molecule has 3 rings (SSSR count). The Kier molecular flexibility index (Phi) is 3.36. The zero-order chi connectivity index (χ0) is 13.1. The van der Waals surface area contributed by atoms with Gasteiger partial charge in [-0.3, -0.25) is 0 Å². The summed E-state index contributed by atoms with van der Waals surface area (Å²) in [4.78, 5) is 0. The average Bonchev–Trinajstić information content (AvgIpc) is 2.50. The minimum absolute atomic E-state index is 0.0434. The molecule has 2 heteroatoms. The van der Waals surface area contributed by atoms with E-state index in [2.05, 4.69) is 60.7 Å². The SMILES string of the molecule is ON1CCC(c2ccccc2)(c2ccccc2)CC1. The average molecular weight is 253 g/mol. The van der Waals surface area contributed by atoms with Crippen LogP contribution in [0.1, 0.15) is 24.0 Å². The van der Waals surface area contributed by atoms with Crippen LogP contribution in [-0.4, -0.2) is 23.4 Å². The number of hydrogen-bond acceptors (Lipinski definition) is 2. The molecule has 0 amide bonds. The van der Waals surface area contributed by atoms with Gasteiger partial charge >= 0.3 is 0 Å². The highest BCUT2D eigenvalue weighted by atomic mass is 16.5. The van der Waals surface area contributed by atoms with E-state index in [0.717, 1.165) is 25.9 Å². The molecule has 0 atom stereocenters. The van der Waals surface area contributed by atoms with Gasteiger partial charge in [-0.15, -0.1) is 0 Å². The van der Waals surface area contributed by atoms with Crippen LogP contribution in [0.4, 0.5) is 0 Å². The van der Waals surface area contributed by atoms with Crippen molar-refractivity contribution in [2.24, 2.45) is 0 Å². The summed E-state index contributed by atoms with van der Waals surface area (Å²) in [5.41, 5.74) is 2.76. The lowest BCUT2D eigenvalue weighted by Crippen LogP contribution is -2.41. The molecule has 1 N–H and O–H groups in total. The Morgan fingerprint density at radius 2 is 1.16 bits per heavy atom. The summed E-state index contributed by atoms with van der Waals surface area (Å²) >= 11 is 0. The maximum atomic E-state index is 9.67. The summed E-state index contributed by atoms with van der Waals surface area (Å²) in [5.74, 6) is 0. The van der Waals surface area contributed by atoms with Gasteiger partial charge in [0, 0.05) is 18.5 Å². The molecule has 0 aliphatic carbocycles. The van der Waals surface area contributed by atoms with Crippen LogP contribution in [0.15, 0.2) is 60.7 Å². The van der Waals surface area contributed by atoms with Gasteiger partial charge in [-0.2, -0.15) is 5.06 Å². The summed E-state index contributed by atoms with van der Waals surface area (Å²) in [6, 6.07) is 21.4. The lowest BCUT2D eigenvalue weighted by molar-refractivity contribution is -0.112. The van der Waals surface area contributed by atoms with Gasteiger partial charge in [0.05, 0.1) is 0 Å². The summed E-state index contributed by atoms with van der Waals surface area (Å²) in [6.07, 6.45) is 1.91. The fourth-order valence-corrected chi connectivity index (χ4v) is 3.14. The van der Waals surface area contributed by atoms with Gasteiger partial charge in [0.2, 0.25) is 0 Å². The van der Waals surface area contributed by atoms with Crippen molar-refractivity contribution in [1.29, 1.82) is 0 Å². The summed E-state index contributed by atoms with van der Waals surface area (Å²) in [7, 11) is 0. The van der Waals surface area contributed by atoms with Crippen molar-refractivity contribution in [2.45, 2.75) is 18.3 Å². The number of hydroxylamine groups is 2. The molecule has 1 aliphatic heterocycles. The molecule has 0 aromatic heterocycles. The van der Waals surface area contributed by atoms with Gasteiger partial charge in [-0.05, 0) is 24.0 Å². The highest BCUT2D eigenvalue weighted by molar-refractivity contribution is 5.39. The Morgan fingerprint density at radius 1 is 0.737 bits per heavy atom. The minimum atomic E-state index is 0.0434. The predicted molar refractivity (Wildman–Crippen MR) is 76.3 cm³/mol. The molecule has 19 heavy (non-hydrogen) atoms. The summed E-state index contributed by atoms with van der Waals surface area (Å²) < 4.78 is 0. The molecule has 2 aromatic rings. The Hall–Kier alpha value is -1.64. The molecule has 0 spiro atoms. The molecule has 1 saturated heterocycles. The lowest BCUT2D eigenvalue weighted by Gasteiger charge is -2.41. The number of benzene rings is 2. The highest BCUT2D eigenvalue weighted by Crippen LogP contribution is 2.41. The Labute approximate surface area is 114 Å². The Morgan fingerprint density at radius 3 is 1.58 bits per heavy atom. The van der Waals surface area contributed by atoms with Crippen LogP contribution in [-0.2, 0) is 5.41 Å². The second-order valence-electron chi connectivity index (χ2n) is 5.27. The Bertz CT molecular complexity index is 474. The van der Waals surface area contributed by atoms with E-state index in [-0.39, 0.29) is 5.41 Å². The van der Waals surface area contributed by atoms with E-state index >= 15 is 0 Å². The number of hydrogen-bond donors (Lipinski definition) is 1. The summed E-state index contributed by atoms with van der Waals surface area (Å²) in [5, 5.41) is 11.1.